The Morgan fingerprint density at radius 1 is 1.38 bits per heavy atom. The molecule has 24 heavy (non-hydrogen) atoms. The molecule has 0 atom stereocenters. The monoisotopic (exact) mass is 369 g/mol. The summed E-state index contributed by atoms with van der Waals surface area (Å²) < 4.78 is 34.8. The fourth-order valence-corrected chi connectivity index (χ4v) is 4.33. The first-order valence-corrected chi connectivity index (χ1v) is 9.70. The molecule has 0 spiro atoms. The van der Waals surface area contributed by atoms with Crippen LogP contribution in [0.4, 0.5) is 5.69 Å². The summed E-state index contributed by atoms with van der Waals surface area (Å²) in [7, 11) is -3.69. The largest absolute Gasteiger partial charge is 0.381 e. The molecule has 0 unspecified atom stereocenters. The second-order valence-corrected chi connectivity index (χ2v) is 8.03. The number of nitrogens with zero attached hydrogens (tertiary/aromatic N) is 2. The van der Waals surface area contributed by atoms with Gasteiger partial charge in [-0.15, -0.1) is 0 Å². The van der Waals surface area contributed by atoms with Crippen molar-refractivity contribution < 1.29 is 13.2 Å². The van der Waals surface area contributed by atoms with E-state index in [0.29, 0.717) is 22.2 Å². The van der Waals surface area contributed by atoms with Gasteiger partial charge in [-0.25, -0.2) is 8.42 Å². The van der Waals surface area contributed by atoms with Crippen molar-refractivity contribution in [1.82, 2.24) is 9.78 Å². The Balaban J connectivity index is 1.72. The number of halogens is 1. The molecule has 1 aromatic heterocycles. The quantitative estimate of drug-likeness (QED) is 0.879. The van der Waals surface area contributed by atoms with E-state index >= 15 is 0 Å². The zero-order valence-electron chi connectivity index (χ0n) is 13.4. The summed E-state index contributed by atoms with van der Waals surface area (Å²) in [6, 6.07) is 4.83. The van der Waals surface area contributed by atoms with E-state index in [2.05, 4.69) is 9.82 Å². The molecule has 0 aliphatic carbocycles. The molecule has 2 heterocycles. The highest BCUT2D eigenvalue weighted by molar-refractivity contribution is 7.92. The van der Waals surface area contributed by atoms with Crippen molar-refractivity contribution in [2.24, 2.45) is 5.92 Å². The van der Waals surface area contributed by atoms with Crippen LogP contribution in [-0.2, 0) is 21.3 Å². The van der Waals surface area contributed by atoms with Gasteiger partial charge in [-0.05, 0) is 43.4 Å². The molecule has 8 heteroatoms. The van der Waals surface area contributed by atoms with Gasteiger partial charge in [0.25, 0.3) is 10.0 Å². The lowest BCUT2D eigenvalue weighted by Gasteiger charge is -2.21. The van der Waals surface area contributed by atoms with Crippen molar-refractivity contribution in [3.05, 3.63) is 41.2 Å². The number of sulfonamides is 1. The van der Waals surface area contributed by atoms with Crippen molar-refractivity contribution in [1.29, 1.82) is 0 Å². The van der Waals surface area contributed by atoms with Gasteiger partial charge in [0.15, 0.2) is 0 Å². The predicted molar refractivity (Wildman–Crippen MR) is 92.8 cm³/mol. The van der Waals surface area contributed by atoms with E-state index in [1.165, 1.54) is 12.3 Å². The number of nitrogens with one attached hydrogen (secondary N) is 1. The van der Waals surface area contributed by atoms with Gasteiger partial charge in [-0.2, -0.15) is 5.10 Å². The van der Waals surface area contributed by atoms with Gasteiger partial charge in [0.2, 0.25) is 0 Å². The van der Waals surface area contributed by atoms with Crippen LogP contribution in [0.15, 0.2) is 35.5 Å². The van der Waals surface area contributed by atoms with E-state index in [-0.39, 0.29) is 4.90 Å². The van der Waals surface area contributed by atoms with Crippen LogP contribution < -0.4 is 4.72 Å². The molecule has 0 saturated carbocycles. The fourth-order valence-electron chi connectivity index (χ4n) is 2.80. The van der Waals surface area contributed by atoms with Gasteiger partial charge in [-0.1, -0.05) is 17.7 Å². The van der Waals surface area contributed by atoms with E-state index < -0.39 is 10.0 Å². The maximum Gasteiger partial charge on any atom is 0.262 e. The number of rotatable bonds is 5. The van der Waals surface area contributed by atoms with Crippen LogP contribution in [0, 0.1) is 12.8 Å². The van der Waals surface area contributed by atoms with Gasteiger partial charge in [-0.3, -0.25) is 9.40 Å². The van der Waals surface area contributed by atoms with Crippen LogP contribution in [-0.4, -0.2) is 31.4 Å². The highest BCUT2D eigenvalue weighted by atomic mass is 35.5. The molecular formula is C16H20ClN3O3S. The molecule has 2 aromatic rings. The molecule has 0 amide bonds. The lowest BCUT2D eigenvalue weighted by Crippen LogP contribution is -2.20. The van der Waals surface area contributed by atoms with E-state index in [0.717, 1.165) is 32.6 Å². The molecule has 1 saturated heterocycles. The molecule has 6 nitrogen and oxygen atoms in total. The maximum absolute atomic E-state index is 12.6. The SMILES string of the molecule is Cc1c(Cl)cccc1S(=O)(=O)Nc1cnn(CC2CCOCC2)c1. The highest BCUT2D eigenvalue weighted by Gasteiger charge is 2.20. The van der Waals surface area contributed by atoms with E-state index in [9.17, 15) is 8.42 Å². The van der Waals surface area contributed by atoms with Crippen molar-refractivity contribution in [3.63, 3.8) is 0 Å². The van der Waals surface area contributed by atoms with E-state index in [1.54, 1.807) is 29.9 Å². The smallest absolute Gasteiger partial charge is 0.262 e. The van der Waals surface area contributed by atoms with Gasteiger partial charge in [0, 0.05) is 31.0 Å². The molecule has 0 bridgehead atoms. The summed E-state index contributed by atoms with van der Waals surface area (Å²) in [4.78, 5) is 0.173. The lowest BCUT2D eigenvalue weighted by atomic mass is 10.0. The summed E-state index contributed by atoms with van der Waals surface area (Å²) >= 11 is 6.02. The summed E-state index contributed by atoms with van der Waals surface area (Å²) in [6.07, 6.45) is 5.24. The summed E-state index contributed by atoms with van der Waals surface area (Å²) in [5.74, 6) is 0.512. The number of ether oxygens (including phenoxy) is 1. The molecule has 1 aliphatic heterocycles. The van der Waals surface area contributed by atoms with E-state index in [1.807, 2.05) is 0 Å². The normalized spacial score (nSPS) is 16.2. The number of benzene rings is 1. The molecule has 1 aromatic carbocycles. The molecule has 1 fully saturated rings. The Morgan fingerprint density at radius 3 is 2.88 bits per heavy atom. The minimum Gasteiger partial charge on any atom is -0.381 e. The van der Waals surface area contributed by atoms with Crippen LogP contribution in [0.2, 0.25) is 5.02 Å². The second-order valence-electron chi connectivity index (χ2n) is 5.98. The molecular weight excluding hydrogens is 350 g/mol. The van der Waals surface area contributed by atoms with E-state index in [4.69, 9.17) is 16.3 Å². The van der Waals surface area contributed by atoms with Gasteiger partial charge in [0.05, 0.1) is 16.8 Å². The molecule has 3 rings (SSSR count). The number of aromatic nitrogens is 2. The summed E-state index contributed by atoms with van der Waals surface area (Å²) in [5, 5.41) is 4.68. The zero-order valence-corrected chi connectivity index (χ0v) is 15.0. The van der Waals surface area contributed by atoms with Crippen molar-refractivity contribution in [3.8, 4) is 0 Å². The minimum absolute atomic E-state index is 0.173. The average Bonchev–Trinajstić information content (AvgIpc) is 2.97. The standard InChI is InChI=1S/C16H20ClN3O3S/c1-12-15(17)3-2-4-16(12)24(21,22)19-14-9-18-20(11-14)10-13-5-7-23-8-6-13/h2-4,9,11,13,19H,5-8,10H2,1H3. The van der Waals surface area contributed by atoms with Gasteiger partial charge >= 0.3 is 0 Å². The van der Waals surface area contributed by atoms with Crippen LogP contribution in [0.25, 0.3) is 0 Å². The number of anilines is 1. The highest BCUT2D eigenvalue weighted by Crippen LogP contribution is 2.25. The Morgan fingerprint density at radius 2 is 2.12 bits per heavy atom. The second kappa shape index (κ2) is 7.13. The Kier molecular flexibility index (Phi) is 5.12. The van der Waals surface area contributed by atoms with Crippen molar-refractivity contribution in [2.75, 3.05) is 17.9 Å². The molecule has 1 N–H and O–H groups in total. The van der Waals surface area contributed by atoms with Crippen molar-refractivity contribution >= 4 is 27.3 Å². The zero-order chi connectivity index (χ0) is 17.2. The third kappa shape index (κ3) is 3.91. The molecule has 130 valence electrons. The van der Waals surface area contributed by atoms with Gasteiger partial charge < -0.3 is 4.74 Å². The van der Waals surface area contributed by atoms with Crippen molar-refractivity contribution in [2.45, 2.75) is 31.2 Å². The lowest BCUT2D eigenvalue weighted by molar-refractivity contribution is 0.0601. The average molecular weight is 370 g/mol. The van der Waals surface area contributed by atoms with Crippen LogP contribution in [0.1, 0.15) is 18.4 Å². The van der Waals surface area contributed by atoms with Gasteiger partial charge in [0.1, 0.15) is 0 Å². The maximum atomic E-state index is 12.6. The fraction of sp³-hybridized carbons (Fsp3) is 0.438. The number of hydrogen-bond acceptors (Lipinski definition) is 4. The topological polar surface area (TPSA) is 73.2 Å². The third-order valence-corrected chi connectivity index (χ3v) is 6.11. The first-order valence-electron chi connectivity index (χ1n) is 7.84. The Bertz CT molecular complexity index is 814. The minimum atomic E-state index is -3.69. The first-order chi connectivity index (χ1) is 11.5. The predicted octanol–water partition coefficient (Wildman–Crippen LogP) is 3.07. The van der Waals surface area contributed by atoms with Crippen LogP contribution in [0.3, 0.4) is 0 Å². The summed E-state index contributed by atoms with van der Waals surface area (Å²) in [5.41, 5.74) is 0.975. The Hall–Kier alpha value is -1.57. The van der Waals surface area contributed by atoms with Crippen LogP contribution in [0.5, 0.6) is 0 Å². The first kappa shape index (κ1) is 17.3. The summed E-state index contributed by atoms with van der Waals surface area (Å²) in [6.45, 7) is 4.01. The molecule has 0 radical (unpaired) electrons. The third-order valence-electron chi connectivity index (χ3n) is 4.18. The Labute approximate surface area is 146 Å². The van der Waals surface area contributed by atoms with Crippen LogP contribution >= 0.6 is 11.6 Å². The molecule has 1 aliphatic rings. The number of hydrogen-bond donors (Lipinski definition) is 1.